The molecule has 0 saturated carbocycles. The Hall–Kier alpha value is -1.53. The van der Waals surface area contributed by atoms with Crippen LogP contribution in [0.15, 0.2) is 21.4 Å². The van der Waals surface area contributed by atoms with E-state index < -0.39 is 0 Å². The van der Waals surface area contributed by atoms with Crippen LogP contribution in [-0.2, 0) is 70.7 Å². The van der Waals surface area contributed by atoms with Crippen LogP contribution in [0.5, 0.6) is 0 Å². The van der Waals surface area contributed by atoms with E-state index in [2.05, 4.69) is 0 Å². The van der Waals surface area contributed by atoms with Gasteiger partial charge in [0.15, 0.2) is 0 Å². The van der Waals surface area contributed by atoms with Gasteiger partial charge in [0.2, 0.25) is 0 Å². The first-order chi connectivity index (χ1) is 5.66. The van der Waals surface area contributed by atoms with Gasteiger partial charge >= 0.3 is 37.8 Å². The minimum absolute atomic E-state index is 0. The third-order valence-electron chi connectivity index (χ3n) is 0. The van der Waals surface area contributed by atoms with Gasteiger partial charge in [-0.1, -0.05) is 0 Å². The predicted molar refractivity (Wildman–Crippen MR) is 73.1 cm³/mol. The van der Waals surface area contributed by atoms with Crippen molar-refractivity contribution < 1.29 is 81.7 Å². The molecule has 151 valence electrons. The van der Waals surface area contributed by atoms with E-state index in [-0.39, 0.29) is 81.7 Å². The first-order valence-corrected chi connectivity index (χ1v) is 1.46. The summed E-state index contributed by atoms with van der Waals surface area (Å²) in [7, 11) is 0. The quantitative estimate of drug-likeness (QED) is 0.148. The van der Waals surface area contributed by atoms with Gasteiger partial charge in [-0.2, -0.15) is 0 Å². The molecule has 0 amide bonds. The fourth-order valence-corrected chi connectivity index (χ4v) is 0. The molecule has 22 heteroatoms. The summed E-state index contributed by atoms with van der Waals surface area (Å²) in [4.78, 5) is 32.0. The van der Waals surface area contributed by atoms with Crippen LogP contribution in [0.25, 0.3) is 0 Å². The van der Waals surface area contributed by atoms with Crippen molar-refractivity contribution in [2.75, 3.05) is 0 Å². The van der Waals surface area contributed by atoms with E-state index in [1.807, 2.05) is 0 Å². The Morgan fingerprint density at radius 1 is 0.455 bits per heavy atom. The summed E-state index contributed by atoms with van der Waals surface area (Å²) in [5.41, 5.74) is 0. The molecule has 0 unspecified atom stereocenters. The monoisotopic (exact) mass is 588 g/mol. The minimum Gasteiger partial charge on any atom is -0.457 e. The predicted octanol–water partition coefficient (Wildman–Crippen LogP) is -6.18. The van der Waals surface area contributed by atoms with E-state index in [9.17, 15) is 0 Å². The maximum absolute atomic E-state index is 8.00. The van der Waals surface area contributed by atoms with Crippen LogP contribution in [0.1, 0.15) is 0 Å². The van der Waals surface area contributed by atoms with Crippen molar-refractivity contribution in [1.29, 1.82) is 0 Å². The first-order valence-electron chi connectivity index (χ1n) is 1.46. The summed E-state index contributed by atoms with van der Waals surface area (Å²) < 4.78 is 0. The molecule has 0 atom stereocenters. The van der Waals surface area contributed by atoms with Crippen molar-refractivity contribution in [1.82, 2.24) is 0 Å². The fourth-order valence-electron chi connectivity index (χ4n) is 0. The van der Waals surface area contributed by atoms with Gasteiger partial charge in [0.25, 0.3) is 0 Å². The van der Waals surface area contributed by atoms with Gasteiger partial charge in [-0.3, -0.25) is 0 Å². The molecule has 0 aromatic rings. The molecule has 0 aliphatic rings. The van der Waals surface area contributed by atoms with Crippen molar-refractivity contribution >= 4 is 0 Å². The summed E-state index contributed by atoms with van der Waals surface area (Å²) in [5, 5.41) is 36.0. The van der Waals surface area contributed by atoms with Gasteiger partial charge in [0.1, 0.15) is 0 Å². The summed E-state index contributed by atoms with van der Waals surface area (Å²) >= 11 is 0. The average molecular weight is 588 g/mol. The Morgan fingerprint density at radius 3 is 0.455 bits per heavy atom. The average Bonchev–Trinajstić information content (AvgIpc) is 1.92. The van der Waals surface area contributed by atoms with Gasteiger partial charge in [0, 0.05) is 0 Å². The molecule has 22 heavy (non-hydrogen) atoms. The van der Waals surface area contributed by atoms with Gasteiger partial charge < -0.3 is 84.3 Å². The van der Waals surface area contributed by atoms with Crippen molar-refractivity contribution in [2.45, 2.75) is 0 Å². The summed E-state index contributed by atoms with van der Waals surface area (Å²) in [6.45, 7) is 0. The van der Waals surface area contributed by atoms with Crippen LogP contribution < -0.4 is 0 Å². The van der Waals surface area contributed by atoms with Crippen molar-refractivity contribution in [3.63, 3.8) is 0 Å². The number of hydrogen-bond donors (Lipinski definition) is 0. The van der Waals surface area contributed by atoms with Gasteiger partial charge in [-0.25, -0.2) is 0 Å². The van der Waals surface area contributed by atoms with E-state index in [4.69, 9.17) is 40.5 Å². The molecule has 0 bridgehead atoms. The molecule has 0 fully saturated rings. The molecular formula is H22CoN4O16Pt+6. The maximum atomic E-state index is 8.00. The topological polar surface area (TPSA) is 471 Å². The SMILES string of the molecule is O.O.O=N[O-].O=N[O-].O=N[O-].O=N[O-].[Co+2].[OH3+].[OH3+].[OH3+].[OH3+].[OH3+].[OH3+].[Pt+2]. The van der Waals surface area contributed by atoms with Gasteiger partial charge in [0.05, 0.1) is 0 Å². The molecule has 0 aliphatic carbocycles. The smallest absolute Gasteiger partial charge is 0.457 e. The number of rotatable bonds is 0. The van der Waals surface area contributed by atoms with Crippen LogP contribution in [0.2, 0.25) is 0 Å². The van der Waals surface area contributed by atoms with Crippen molar-refractivity contribution in [3.8, 4) is 0 Å². The number of nitrogens with zero attached hydrogens (tertiary/aromatic N) is 4. The van der Waals surface area contributed by atoms with Crippen LogP contribution in [0.4, 0.5) is 0 Å². The molecule has 1 radical (unpaired) electrons. The summed E-state index contributed by atoms with van der Waals surface area (Å²) in [5.74, 6) is 0. The van der Waals surface area contributed by atoms with Gasteiger partial charge in [-0.05, 0) is 0 Å². The van der Waals surface area contributed by atoms with E-state index in [0.717, 1.165) is 21.4 Å². The van der Waals surface area contributed by atoms with Crippen LogP contribution in [-0.4, -0.2) is 11.0 Å². The zero-order valence-electron chi connectivity index (χ0n) is 10.2. The molecule has 0 aliphatic heterocycles. The van der Waals surface area contributed by atoms with Crippen molar-refractivity contribution in [2.24, 2.45) is 21.4 Å². The second-order valence-electron chi connectivity index (χ2n) is 0.298. The molecular weight excluding hydrogens is 566 g/mol. The molecule has 0 saturated heterocycles. The minimum atomic E-state index is 0. The summed E-state index contributed by atoms with van der Waals surface area (Å²) in [6.07, 6.45) is 0. The molecule has 0 aromatic carbocycles. The Labute approximate surface area is 144 Å². The standard InChI is InChI=1S/Co.4HNO2.8H2O.Pt/c;4*2-1-3;;;;;;;;;/h;4*(H,2,3);8*1H2;/q+2;;;;;;;;;;;;;+2/p+2. The Bertz CT molecular complexity index is 80.1. The first kappa shape index (κ1) is 185. The zero-order valence-corrected chi connectivity index (χ0v) is 13.5. The molecule has 0 spiro atoms. The zero-order chi connectivity index (χ0) is 10.8. The maximum Gasteiger partial charge on any atom is 2.00 e. The van der Waals surface area contributed by atoms with Crippen LogP contribution >= 0.6 is 0 Å². The van der Waals surface area contributed by atoms with E-state index in [0.29, 0.717) is 0 Å². The normalized spacial score (nSPS) is 2.18. The molecule has 0 aromatic heterocycles. The Kier molecular flexibility index (Phi) is 9140. The van der Waals surface area contributed by atoms with E-state index in [1.54, 1.807) is 0 Å². The second kappa shape index (κ2) is 1090. The van der Waals surface area contributed by atoms with Gasteiger partial charge in [-0.15, -0.1) is 21.4 Å². The van der Waals surface area contributed by atoms with Crippen LogP contribution in [0.3, 0.4) is 0 Å². The fraction of sp³-hybridized carbons (Fsp3) is 0. The largest absolute Gasteiger partial charge is 2.00 e. The third-order valence-corrected chi connectivity index (χ3v) is 0. The Balaban J connectivity index is -0.00000000281. The van der Waals surface area contributed by atoms with E-state index in [1.165, 1.54) is 0 Å². The molecule has 20 nitrogen and oxygen atoms in total. The number of hydrogen-bond acceptors (Lipinski definition) is 12. The van der Waals surface area contributed by atoms with Crippen LogP contribution in [0, 0.1) is 40.5 Å². The molecule has 0 heterocycles. The second-order valence-corrected chi connectivity index (χ2v) is 0.298. The molecule has 22 N–H and O–H groups in total. The Morgan fingerprint density at radius 2 is 0.455 bits per heavy atom. The molecule has 0 rings (SSSR count). The summed E-state index contributed by atoms with van der Waals surface area (Å²) in [6, 6.07) is 0. The van der Waals surface area contributed by atoms with E-state index >= 15 is 0 Å². The van der Waals surface area contributed by atoms with Crippen molar-refractivity contribution in [3.05, 3.63) is 40.5 Å². The third kappa shape index (κ3) is 2430.